The minimum atomic E-state index is -0.180. The van der Waals surface area contributed by atoms with E-state index in [1.54, 1.807) is 6.07 Å². The van der Waals surface area contributed by atoms with Crippen LogP contribution in [0.15, 0.2) is 51.8 Å². The number of hydrogen-bond donors (Lipinski definition) is 1. The van der Waals surface area contributed by atoms with Crippen molar-refractivity contribution in [3.05, 3.63) is 52.8 Å². The first-order chi connectivity index (χ1) is 7.84. The van der Waals surface area contributed by atoms with Crippen LogP contribution < -0.4 is 5.56 Å². The molecule has 0 amide bonds. The number of aromatic amines is 1. The first-order valence-corrected chi connectivity index (χ1v) is 4.89. The molecular weight excluding hydrogens is 204 g/mol. The Hall–Kier alpha value is -2.36. The molecule has 3 aromatic rings. The number of pyridine rings is 1. The monoisotopic (exact) mass is 212 g/mol. The van der Waals surface area contributed by atoms with Crippen LogP contribution in [0.4, 0.5) is 0 Å². The maximum atomic E-state index is 11.1. The van der Waals surface area contributed by atoms with Crippen LogP contribution in [0.5, 0.6) is 0 Å². The van der Waals surface area contributed by atoms with Crippen LogP contribution in [0.1, 0.15) is 0 Å². The van der Waals surface area contributed by atoms with Gasteiger partial charge >= 0.3 is 0 Å². The van der Waals surface area contributed by atoms with E-state index in [9.17, 15) is 4.79 Å². The van der Waals surface area contributed by atoms with Crippen LogP contribution in [-0.2, 0) is 0 Å². The predicted octanol–water partition coefficient (Wildman–Crippen LogP) is 2.18. The molecule has 0 atom stereocenters. The molecule has 1 aromatic carbocycles. The molecule has 0 saturated carbocycles. The number of rotatable bonds is 1. The van der Waals surface area contributed by atoms with Gasteiger partial charge in [-0.05, 0) is 6.07 Å². The minimum Gasteiger partial charge on any atom is -0.353 e. The van der Waals surface area contributed by atoms with Gasteiger partial charge in [-0.1, -0.05) is 35.5 Å². The van der Waals surface area contributed by atoms with Gasteiger partial charge in [-0.15, -0.1) is 0 Å². The lowest BCUT2D eigenvalue weighted by atomic mass is 10.1. The van der Waals surface area contributed by atoms with E-state index >= 15 is 0 Å². The fraction of sp³-hybridized carbons (Fsp3) is 0. The number of H-pyrrole nitrogens is 1. The summed E-state index contributed by atoms with van der Waals surface area (Å²) in [7, 11) is 0. The number of nitrogens with zero attached hydrogens (tertiary/aromatic N) is 1. The lowest BCUT2D eigenvalue weighted by molar-refractivity contribution is 0.439. The van der Waals surface area contributed by atoms with Gasteiger partial charge in [0.1, 0.15) is 0 Å². The van der Waals surface area contributed by atoms with Gasteiger partial charge in [0.15, 0.2) is 11.4 Å². The summed E-state index contributed by atoms with van der Waals surface area (Å²) in [5.74, 6) is 0.673. The van der Waals surface area contributed by atoms with Gasteiger partial charge in [-0.3, -0.25) is 4.79 Å². The van der Waals surface area contributed by atoms with Gasteiger partial charge in [0.05, 0.1) is 5.39 Å². The molecular formula is C12H8N2O2. The first kappa shape index (κ1) is 8.91. The summed E-state index contributed by atoms with van der Waals surface area (Å²) in [4.78, 5) is 13.7. The molecule has 0 unspecified atom stereocenters. The van der Waals surface area contributed by atoms with Gasteiger partial charge in [0.2, 0.25) is 5.56 Å². The molecule has 0 aliphatic rings. The Morgan fingerprint density at radius 3 is 2.69 bits per heavy atom. The summed E-state index contributed by atoms with van der Waals surface area (Å²) in [5, 5.41) is 4.64. The molecule has 0 spiro atoms. The highest BCUT2D eigenvalue weighted by atomic mass is 16.5. The van der Waals surface area contributed by atoms with Crippen LogP contribution >= 0.6 is 0 Å². The highest BCUT2D eigenvalue weighted by molar-refractivity contribution is 5.88. The molecule has 2 aromatic heterocycles. The second-order valence-corrected chi connectivity index (χ2v) is 3.46. The second kappa shape index (κ2) is 3.34. The third-order valence-electron chi connectivity index (χ3n) is 2.41. The van der Waals surface area contributed by atoms with Crippen molar-refractivity contribution in [3.63, 3.8) is 0 Å². The fourth-order valence-electron chi connectivity index (χ4n) is 1.66. The summed E-state index contributed by atoms with van der Waals surface area (Å²) in [6, 6.07) is 12.8. The largest absolute Gasteiger partial charge is 0.353 e. The summed E-state index contributed by atoms with van der Waals surface area (Å²) < 4.78 is 5.24. The average molecular weight is 212 g/mol. The van der Waals surface area contributed by atoms with Crippen molar-refractivity contribution < 1.29 is 4.52 Å². The SMILES string of the molecule is O=c1ccc2c(-c3ccccc3)onc2[nH]1. The van der Waals surface area contributed by atoms with E-state index in [0.29, 0.717) is 11.4 Å². The van der Waals surface area contributed by atoms with Crippen LogP contribution in [0.2, 0.25) is 0 Å². The Morgan fingerprint density at radius 2 is 1.88 bits per heavy atom. The number of nitrogens with one attached hydrogen (secondary N) is 1. The number of aromatic nitrogens is 2. The smallest absolute Gasteiger partial charge is 0.249 e. The van der Waals surface area contributed by atoms with E-state index in [0.717, 1.165) is 10.9 Å². The highest BCUT2D eigenvalue weighted by Crippen LogP contribution is 2.26. The van der Waals surface area contributed by atoms with E-state index in [-0.39, 0.29) is 5.56 Å². The molecule has 0 radical (unpaired) electrons. The summed E-state index contributed by atoms with van der Waals surface area (Å²) in [5.41, 5.74) is 1.24. The third kappa shape index (κ3) is 1.32. The van der Waals surface area contributed by atoms with Gasteiger partial charge < -0.3 is 9.51 Å². The van der Waals surface area contributed by atoms with Crippen LogP contribution in [0.25, 0.3) is 22.4 Å². The first-order valence-electron chi connectivity index (χ1n) is 4.89. The Labute approximate surface area is 90.5 Å². The Morgan fingerprint density at radius 1 is 1.06 bits per heavy atom. The van der Waals surface area contributed by atoms with Crippen LogP contribution in [0, 0.1) is 0 Å². The topological polar surface area (TPSA) is 58.9 Å². The Balaban J connectivity index is 2.30. The van der Waals surface area contributed by atoms with Crippen LogP contribution in [-0.4, -0.2) is 10.1 Å². The average Bonchev–Trinajstić information content (AvgIpc) is 2.73. The molecule has 78 valence electrons. The summed E-state index contributed by atoms with van der Waals surface area (Å²) in [6.45, 7) is 0. The van der Waals surface area contributed by atoms with Crippen molar-refractivity contribution in [2.75, 3.05) is 0 Å². The molecule has 16 heavy (non-hydrogen) atoms. The standard InChI is InChI=1S/C12H8N2O2/c15-10-7-6-9-11(16-14-12(9)13-10)8-4-2-1-3-5-8/h1-7H,(H,13,14,15). The van der Waals surface area contributed by atoms with Crippen molar-refractivity contribution >= 4 is 11.0 Å². The van der Waals surface area contributed by atoms with Gasteiger partial charge in [0.25, 0.3) is 0 Å². The van der Waals surface area contributed by atoms with Crippen molar-refractivity contribution in [2.45, 2.75) is 0 Å². The van der Waals surface area contributed by atoms with Crippen molar-refractivity contribution in [3.8, 4) is 11.3 Å². The van der Waals surface area contributed by atoms with Crippen molar-refractivity contribution in [1.82, 2.24) is 10.1 Å². The number of benzene rings is 1. The van der Waals surface area contributed by atoms with E-state index in [2.05, 4.69) is 10.1 Å². The zero-order valence-corrected chi connectivity index (χ0v) is 8.31. The zero-order valence-electron chi connectivity index (χ0n) is 8.31. The quantitative estimate of drug-likeness (QED) is 0.672. The third-order valence-corrected chi connectivity index (χ3v) is 2.41. The van der Waals surface area contributed by atoms with Gasteiger partial charge in [-0.25, -0.2) is 0 Å². The maximum Gasteiger partial charge on any atom is 0.249 e. The molecule has 0 aliphatic heterocycles. The maximum absolute atomic E-state index is 11.1. The molecule has 0 aliphatic carbocycles. The molecule has 2 heterocycles. The molecule has 0 fully saturated rings. The Kier molecular flexibility index (Phi) is 1.86. The summed E-state index contributed by atoms with van der Waals surface area (Å²) in [6.07, 6.45) is 0. The van der Waals surface area contributed by atoms with Gasteiger partial charge in [0, 0.05) is 11.6 Å². The minimum absolute atomic E-state index is 0.180. The fourth-order valence-corrected chi connectivity index (χ4v) is 1.66. The number of hydrogen-bond acceptors (Lipinski definition) is 3. The molecule has 4 heteroatoms. The second-order valence-electron chi connectivity index (χ2n) is 3.46. The zero-order chi connectivity index (χ0) is 11.0. The molecule has 1 N–H and O–H groups in total. The van der Waals surface area contributed by atoms with E-state index in [1.165, 1.54) is 6.07 Å². The van der Waals surface area contributed by atoms with Crippen molar-refractivity contribution in [1.29, 1.82) is 0 Å². The van der Waals surface area contributed by atoms with E-state index < -0.39 is 0 Å². The van der Waals surface area contributed by atoms with E-state index in [1.807, 2.05) is 30.3 Å². The van der Waals surface area contributed by atoms with Gasteiger partial charge in [-0.2, -0.15) is 0 Å². The highest BCUT2D eigenvalue weighted by Gasteiger charge is 2.10. The predicted molar refractivity (Wildman–Crippen MR) is 60.1 cm³/mol. The molecule has 3 rings (SSSR count). The molecule has 0 bridgehead atoms. The van der Waals surface area contributed by atoms with E-state index in [4.69, 9.17) is 4.52 Å². The summed E-state index contributed by atoms with van der Waals surface area (Å²) >= 11 is 0. The normalized spacial score (nSPS) is 10.8. The molecule has 0 saturated heterocycles. The lowest BCUT2D eigenvalue weighted by Crippen LogP contribution is -2.01. The van der Waals surface area contributed by atoms with Crippen LogP contribution in [0.3, 0.4) is 0 Å². The van der Waals surface area contributed by atoms with Crippen molar-refractivity contribution in [2.24, 2.45) is 0 Å². The number of fused-ring (bicyclic) bond motifs is 1. The molecule has 4 nitrogen and oxygen atoms in total. The Bertz CT molecular complexity index is 683. The lowest BCUT2D eigenvalue weighted by Gasteiger charge is -1.94.